The zero-order valence-corrected chi connectivity index (χ0v) is 23.2. The summed E-state index contributed by atoms with van der Waals surface area (Å²) in [5, 5.41) is 0. The van der Waals surface area contributed by atoms with Gasteiger partial charge in [0.05, 0.1) is 42.8 Å². The van der Waals surface area contributed by atoms with Crippen molar-refractivity contribution in [1.29, 1.82) is 0 Å². The monoisotopic (exact) mass is 576 g/mol. The summed E-state index contributed by atoms with van der Waals surface area (Å²) >= 11 is 0.989. The second-order valence-electron chi connectivity index (χ2n) is 9.15. The van der Waals surface area contributed by atoms with Gasteiger partial charge in [0.15, 0.2) is 16.3 Å². The van der Waals surface area contributed by atoms with Gasteiger partial charge >= 0.3 is 11.9 Å². The van der Waals surface area contributed by atoms with Crippen LogP contribution < -0.4 is 35.0 Å². The van der Waals surface area contributed by atoms with Crippen molar-refractivity contribution in [3.8, 4) is 11.5 Å². The Labute approximate surface area is 236 Å². The van der Waals surface area contributed by atoms with E-state index in [1.54, 1.807) is 43.3 Å². The van der Waals surface area contributed by atoms with Crippen molar-refractivity contribution in [2.75, 3.05) is 25.7 Å². The van der Waals surface area contributed by atoms with E-state index in [-0.39, 0.29) is 38.5 Å². The number of esters is 2. The average molecular weight is 577 g/mol. The van der Waals surface area contributed by atoms with Gasteiger partial charge in [-0.1, -0.05) is 35.6 Å². The van der Waals surface area contributed by atoms with Gasteiger partial charge in [0.2, 0.25) is 5.91 Å². The van der Waals surface area contributed by atoms with Crippen LogP contribution in [0, 0.1) is 0 Å². The molecule has 3 heterocycles. The zero-order chi connectivity index (χ0) is 29.6. The van der Waals surface area contributed by atoms with Gasteiger partial charge < -0.3 is 19.9 Å². The van der Waals surface area contributed by atoms with Crippen molar-refractivity contribution < 1.29 is 33.4 Å². The second-order valence-corrected chi connectivity index (χ2v) is 10.1. The van der Waals surface area contributed by atoms with Crippen LogP contribution in [0.4, 0.5) is 5.69 Å². The Morgan fingerprint density at radius 3 is 2.46 bits per heavy atom. The number of nitrogens with two attached hydrogens (primary N) is 1. The summed E-state index contributed by atoms with van der Waals surface area (Å²) < 4.78 is 17.1. The first kappa shape index (κ1) is 27.5. The van der Waals surface area contributed by atoms with Crippen LogP contribution in [-0.4, -0.2) is 49.1 Å². The molecule has 13 heteroatoms. The maximum atomic E-state index is 14.2. The lowest BCUT2D eigenvalue weighted by molar-refractivity contribution is -0.136. The molecule has 3 aromatic rings. The van der Waals surface area contributed by atoms with E-state index in [2.05, 4.69) is 4.99 Å². The summed E-state index contributed by atoms with van der Waals surface area (Å²) in [4.78, 5) is 70.0. The fourth-order valence-corrected chi connectivity index (χ4v) is 6.10. The molecule has 0 saturated heterocycles. The number of benzene rings is 2. The number of nitrogens with zero attached hydrogens (tertiary/aromatic N) is 3. The molecule has 0 bridgehead atoms. The van der Waals surface area contributed by atoms with Gasteiger partial charge in [0.1, 0.15) is 11.1 Å². The lowest BCUT2D eigenvalue weighted by Gasteiger charge is -2.25. The van der Waals surface area contributed by atoms with E-state index < -0.39 is 35.4 Å². The third-order valence-electron chi connectivity index (χ3n) is 6.62. The van der Waals surface area contributed by atoms with Gasteiger partial charge in [-0.3, -0.25) is 28.6 Å². The fourth-order valence-electron chi connectivity index (χ4n) is 4.96. The highest BCUT2D eigenvalue weighted by Crippen LogP contribution is 2.37. The summed E-state index contributed by atoms with van der Waals surface area (Å²) in [5.74, 6) is -2.16. The Hall–Kier alpha value is -5.04. The number of allylic oxidation sites excluding steroid dienone is 1. The molecule has 2 N–H and O–H groups in total. The second kappa shape index (κ2) is 10.5. The molecule has 1 unspecified atom stereocenters. The number of amides is 2. The van der Waals surface area contributed by atoms with E-state index >= 15 is 0 Å². The molecule has 2 aliphatic rings. The van der Waals surface area contributed by atoms with E-state index in [9.17, 15) is 24.0 Å². The number of aromatic nitrogens is 1. The van der Waals surface area contributed by atoms with Crippen molar-refractivity contribution in [1.82, 2.24) is 4.57 Å². The van der Waals surface area contributed by atoms with Crippen molar-refractivity contribution >= 4 is 46.4 Å². The summed E-state index contributed by atoms with van der Waals surface area (Å²) in [6.07, 6.45) is 0. The van der Waals surface area contributed by atoms with Crippen molar-refractivity contribution in [2.45, 2.75) is 19.9 Å². The topological polar surface area (TPSA) is 160 Å². The maximum absolute atomic E-state index is 14.2. The van der Waals surface area contributed by atoms with Crippen LogP contribution >= 0.6 is 11.3 Å². The van der Waals surface area contributed by atoms with Crippen molar-refractivity contribution in [3.63, 3.8) is 0 Å². The first-order chi connectivity index (χ1) is 19.6. The number of primary amides is 1. The number of rotatable bonds is 6. The molecular weight excluding hydrogens is 552 g/mol. The Morgan fingerprint density at radius 1 is 1.07 bits per heavy atom. The molecule has 0 spiro atoms. The van der Waals surface area contributed by atoms with Crippen LogP contribution in [0.25, 0.3) is 5.57 Å². The first-order valence-electron chi connectivity index (χ1n) is 12.3. The van der Waals surface area contributed by atoms with E-state index in [1.807, 2.05) is 0 Å². The minimum absolute atomic E-state index is 0.0839. The van der Waals surface area contributed by atoms with Crippen LogP contribution in [0.15, 0.2) is 63.5 Å². The van der Waals surface area contributed by atoms with E-state index in [1.165, 1.54) is 36.7 Å². The lowest BCUT2D eigenvalue weighted by Crippen LogP contribution is -2.41. The summed E-state index contributed by atoms with van der Waals surface area (Å²) in [6.45, 7) is 2.51. The van der Waals surface area contributed by atoms with Crippen LogP contribution in [0.3, 0.4) is 0 Å². The number of hydrogen-bond donors (Lipinski definition) is 1. The zero-order valence-electron chi connectivity index (χ0n) is 22.4. The normalized spacial score (nSPS) is 17.0. The molecule has 0 radical (unpaired) electrons. The van der Waals surface area contributed by atoms with Gasteiger partial charge in [0, 0.05) is 12.5 Å². The molecule has 1 aromatic heterocycles. The average Bonchev–Trinajstić information content (AvgIpc) is 3.39. The Bertz CT molecular complexity index is 1870. The third-order valence-corrected chi connectivity index (χ3v) is 7.68. The fraction of sp³-hybridized carbons (Fsp3) is 0.214. The van der Waals surface area contributed by atoms with Gasteiger partial charge in [-0.05, 0) is 30.7 Å². The SMILES string of the molecule is COC(=O)C1=C(C)N=c2s/c(=C3\C(=O)N(CC(N)=O)c4ccccc43)c(=O)n2C1c1ccc(OC(C)=O)c(OC)c1. The highest BCUT2D eigenvalue weighted by molar-refractivity contribution is 7.07. The lowest BCUT2D eigenvalue weighted by atomic mass is 9.95. The number of carbonyl (C=O) groups excluding carboxylic acids is 4. The highest BCUT2D eigenvalue weighted by atomic mass is 32.1. The smallest absolute Gasteiger partial charge is 0.338 e. The summed E-state index contributed by atoms with van der Waals surface area (Å²) in [5.41, 5.74) is 6.71. The van der Waals surface area contributed by atoms with Crippen LogP contribution in [0.5, 0.6) is 11.5 Å². The number of fused-ring (bicyclic) bond motifs is 2. The van der Waals surface area contributed by atoms with E-state index in [0.717, 1.165) is 11.3 Å². The molecule has 0 fully saturated rings. The van der Waals surface area contributed by atoms with E-state index in [0.29, 0.717) is 22.5 Å². The minimum atomic E-state index is -1.01. The van der Waals surface area contributed by atoms with Crippen molar-refractivity contribution in [3.05, 3.63) is 84.5 Å². The van der Waals surface area contributed by atoms with Crippen LogP contribution in [-0.2, 0) is 23.9 Å². The van der Waals surface area contributed by atoms with Gasteiger partial charge in [-0.2, -0.15) is 0 Å². The van der Waals surface area contributed by atoms with Crippen LogP contribution in [0.2, 0.25) is 0 Å². The molecular formula is C28H24N4O8S. The molecule has 2 aliphatic heterocycles. The predicted molar refractivity (Wildman–Crippen MR) is 147 cm³/mol. The molecule has 41 heavy (non-hydrogen) atoms. The number of anilines is 1. The van der Waals surface area contributed by atoms with Gasteiger partial charge in [0.25, 0.3) is 11.5 Å². The first-order valence-corrected chi connectivity index (χ1v) is 13.1. The summed E-state index contributed by atoms with van der Waals surface area (Å²) in [6, 6.07) is 10.4. The molecule has 2 aromatic carbocycles. The van der Waals surface area contributed by atoms with Gasteiger partial charge in [-0.15, -0.1) is 0 Å². The predicted octanol–water partition coefficient (Wildman–Crippen LogP) is 0.544. The molecule has 2 amide bonds. The standard InChI is InChI=1S/C28H24N4O8S/c1-13-21(27(37)39-4)23(15-9-10-18(40-14(2)33)19(11-15)38-3)32-26(36)24(41-28(32)30-13)22-16-7-5-6-8-17(16)31(25(22)35)12-20(29)34/h5-11,23H,12H2,1-4H3,(H2,29,34)/b24-22-. The largest absolute Gasteiger partial charge is 0.493 e. The molecule has 5 rings (SSSR count). The number of hydrogen-bond acceptors (Lipinski definition) is 10. The van der Waals surface area contributed by atoms with E-state index in [4.69, 9.17) is 19.9 Å². The van der Waals surface area contributed by atoms with Gasteiger partial charge in [-0.25, -0.2) is 9.79 Å². The van der Waals surface area contributed by atoms with Crippen molar-refractivity contribution in [2.24, 2.45) is 10.7 Å². The number of methoxy groups -OCH3 is 2. The quantitative estimate of drug-likeness (QED) is 0.329. The maximum Gasteiger partial charge on any atom is 0.338 e. The highest BCUT2D eigenvalue weighted by Gasteiger charge is 2.38. The minimum Gasteiger partial charge on any atom is -0.493 e. The molecule has 0 aliphatic carbocycles. The Kier molecular flexibility index (Phi) is 7.05. The number of ether oxygens (including phenoxy) is 3. The number of carbonyl (C=O) groups is 4. The van der Waals surface area contributed by atoms with Crippen LogP contribution in [0.1, 0.15) is 31.0 Å². The number of thiazole rings is 1. The molecule has 210 valence electrons. The summed E-state index contributed by atoms with van der Waals surface area (Å²) in [7, 11) is 2.61. The molecule has 12 nitrogen and oxygen atoms in total. The molecule has 1 atom stereocenters. The Balaban J connectivity index is 1.79. The number of para-hydroxylation sites is 1. The Morgan fingerprint density at radius 2 is 1.80 bits per heavy atom. The molecule has 0 saturated carbocycles. The third kappa shape index (κ3) is 4.59.